The molecule has 0 radical (unpaired) electrons. The molecule has 0 bridgehead atoms. The summed E-state index contributed by atoms with van der Waals surface area (Å²) in [6, 6.07) is 10.4. The lowest BCUT2D eigenvalue weighted by Gasteiger charge is -2.36. The summed E-state index contributed by atoms with van der Waals surface area (Å²) in [6.45, 7) is 10.8. The average molecular weight is 526 g/mol. The second-order valence-electron chi connectivity index (χ2n) is 11.8. The number of carbonyl (C=O) groups excluding carboxylic acids is 3. The zero-order chi connectivity index (χ0) is 28.3. The summed E-state index contributed by atoms with van der Waals surface area (Å²) in [5, 5.41) is 25.5. The highest BCUT2D eigenvalue weighted by atomic mass is 16.6. The Hall–Kier alpha value is -3.75. The van der Waals surface area contributed by atoms with Crippen LogP contribution in [0.1, 0.15) is 71.6 Å². The molecule has 0 spiro atoms. The van der Waals surface area contributed by atoms with Crippen molar-refractivity contribution in [2.75, 3.05) is 0 Å². The van der Waals surface area contributed by atoms with Gasteiger partial charge in [-0.1, -0.05) is 24.3 Å². The van der Waals surface area contributed by atoms with Gasteiger partial charge in [0.15, 0.2) is 0 Å². The van der Waals surface area contributed by atoms with E-state index in [-0.39, 0.29) is 29.9 Å². The maximum atomic E-state index is 14.2. The summed E-state index contributed by atoms with van der Waals surface area (Å²) in [5.41, 5.74) is -0.165. The highest BCUT2D eigenvalue weighted by molar-refractivity contribution is 5.93. The normalized spacial score (nSPS) is 15.2. The number of rotatable bonds is 8. The van der Waals surface area contributed by atoms with Gasteiger partial charge in [-0.2, -0.15) is 0 Å². The Kier molecular flexibility index (Phi) is 8.59. The van der Waals surface area contributed by atoms with Crippen LogP contribution in [0.15, 0.2) is 48.5 Å². The van der Waals surface area contributed by atoms with Gasteiger partial charge in [-0.3, -0.25) is 9.59 Å². The van der Waals surface area contributed by atoms with E-state index in [0.29, 0.717) is 24.0 Å². The molecule has 2 unspecified atom stereocenters. The van der Waals surface area contributed by atoms with E-state index in [2.05, 4.69) is 10.6 Å². The van der Waals surface area contributed by atoms with Crippen molar-refractivity contribution in [2.45, 2.75) is 90.1 Å². The highest BCUT2D eigenvalue weighted by Crippen LogP contribution is 2.37. The molecule has 0 heterocycles. The number of phenolic OH excluding ortho intramolecular Hbond substituents is 2. The number of benzene rings is 2. The van der Waals surface area contributed by atoms with Crippen molar-refractivity contribution in [1.29, 1.82) is 0 Å². The number of phenols is 2. The highest BCUT2D eigenvalue weighted by Gasteiger charge is 2.44. The van der Waals surface area contributed by atoms with Crippen LogP contribution in [0.2, 0.25) is 0 Å². The minimum absolute atomic E-state index is 0.0215. The molecule has 9 nitrogen and oxygen atoms in total. The topological polar surface area (TPSA) is 128 Å². The van der Waals surface area contributed by atoms with Gasteiger partial charge in [-0.25, -0.2) is 4.79 Å². The van der Waals surface area contributed by atoms with E-state index in [1.807, 2.05) is 20.8 Å². The van der Waals surface area contributed by atoms with E-state index in [0.717, 1.165) is 0 Å². The molecule has 0 saturated heterocycles. The van der Waals surface area contributed by atoms with E-state index < -0.39 is 35.2 Å². The van der Waals surface area contributed by atoms with Crippen LogP contribution in [0, 0.1) is 0 Å². The molecule has 2 aromatic rings. The maximum Gasteiger partial charge on any atom is 0.408 e. The summed E-state index contributed by atoms with van der Waals surface area (Å²) in [6.07, 6.45) is 0.790. The predicted octanol–water partition coefficient (Wildman–Crippen LogP) is 4.18. The number of nitrogens with one attached hydrogen (secondary N) is 2. The molecule has 3 amide bonds. The SMILES string of the molecule is CC(C)(C)NC(=O)C(c1cccc(O)c1)N(C(=O)C(Cc1ccc(O)cc1)NC(=O)OC(C)(C)C)C1CC1. The van der Waals surface area contributed by atoms with Crippen LogP contribution in [0.25, 0.3) is 0 Å². The van der Waals surface area contributed by atoms with E-state index in [1.54, 1.807) is 45.0 Å². The number of aromatic hydroxyl groups is 2. The molecule has 1 aliphatic rings. The summed E-state index contributed by atoms with van der Waals surface area (Å²) in [5.74, 6) is -0.765. The van der Waals surface area contributed by atoms with Crippen LogP contribution < -0.4 is 10.6 Å². The van der Waals surface area contributed by atoms with Gasteiger partial charge in [-0.15, -0.1) is 0 Å². The van der Waals surface area contributed by atoms with E-state index >= 15 is 0 Å². The maximum absolute atomic E-state index is 14.2. The van der Waals surface area contributed by atoms with Crippen molar-refractivity contribution in [3.63, 3.8) is 0 Å². The van der Waals surface area contributed by atoms with Gasteiger partial charge in [0.25, 0.3) is 0 Å². The minimum atomic E-state index is -1.04. The second kappa shape index (κ2) is 11.3. The third-order valence-electron chi connectivity index (χ3n) is 5.77. The van der Waals surface area contributed by atoms with Crippen LogP contribution in [0.3, 0.4) is 0 Å². The Balaban J connectivity index is 2.02. The standard InChI is InChI=1S/C29H39N3O6/c1-28(2,3)31-25(35)24(19-8-7-9-22(34)17-19)32(20-12-13-20)26(36)23(30-27(37)38-29(4,5)6)16-18-10-14-21(33)15-11-18/h7-11,14-15,17,20,23-24,33-34H,12-13,16H2,1-6H3,(H,30,37)(H,31,35). The van der Waals surface area contributed by atoms with Gasteiger partial charge in [0.2, 0.25) is 11.8 Å². The van der Waals surface area contributed by atoms with Crippen LogP contribution in [0.4, 0.5) is 4.79 Å². The molecule has 9 heteroatoms. The van der Waals surface area contributed by atoms with Crippen LogP contribution in [-0.4, -0.2) is 56.2 Å². The zero-order valence-electron chi connectivity index (χ0n) is 22.9. The number of hydrogen-bond acceptors (Lipinski definition) is 6. The van der Waals surface area contributed by atoms with Gasteiger partial charge in [0.05, 0.1) is 0 Å². The molecule has 2 atom stereocenters. The molecule has 3 rings (SSSR count). The van der Waals surface area contributed by atoms with Gasteiger partial charge in [0.1, 0.15) is 29.2 Å². The predicted molar refractivity (Wildman–Crippen MR) is 144 cm³/mol. The Bertz CT molecular complexity index is 1150. The van der Waals surface area contributed by atoms with Crippen LogP contribution >= 0.6 is 0 Å². The van der Waals surface area contributed by atoms with Crippen LogP contribution in [-0.2, 0) is 20.7 Å². The fourth-order valence-corrected chi connectivity index (χ4v) is 4.14. The number of alkyl carbamates (subject to hydrolysis) is 1. The summed E-state index contributed by atoms with van der Waals surface area (Å²) in [7, 11) is 0. The molecule has 0 aliphatic heterocycles. The quantitative estimate of drug-likeness (QED) is 0.409. The van der Waals surface area contributed by atoms with Crippen molar-refractivity contribution in [1.82, 2.24) is 15.5 Å². The third-order valence-corrected chi connectivity index (χ3v) is 5.77. The first-order valence-electron chi connectivity index (χ1n) is 12.8. The number of hydrogen-bond donors (Lipinski definition) is 4. The van der Waals surface area contributed by atoms with Crippen molar-refractivity contribution >= 4 is 17.9 Å². The van der Waals surface area contributed by atoms with Gasteiger partial charge in [0, 0.05) is 18.0 Å². The molecule has 2 aromatic carbocycles. The first-order valence-corrected chi connectivity index (χ1v) is 12.8. The number of nitrogens with zero attached hydrogens (tertiary/aromatic N) is 1. The van der Waals surface area contributed by atoms with E-state index in [4.69, 9.17) is 4.74 Å². The smallest absolute Gasteiger partial charge is 0.408 e. The first-order chi connectivity index (χ1) is 17.6. The van der Waals surface area contributed by atoms with Gasteiger partial charge in [-0.05, 0) is 89.8 Å². The summed E-state index contributed by atoms with van der Waals surface area (Å²) < 4.78 is 5.43. The Morgan fingerprint density at radius 2 is 1.61 bits per heavy atom. The molecule has 4 N–H and O–H groups in total. The fourth-order valence-electron chi connectivity index (χ4n) is 4.14. The van der Waals surface area contributed by atoms with E-state index in [1.165, 1.54) is 29.2 Å². The molecule has 1 saturated carbocycles. The molecule has 1 fully saturated rings. The molecule has 1 aliphatic carbocycles. The summed E-state index contributed by atoms with van der Waals surface area (Å²) >= 11 is 0. The lowest BCUT2D eigenvalue weighted by atomic mass is 9.98. The second-order valence-corrected chi connectivity index (χ2v) is 11.8. The molecular weight excluding hydrogens is 486 g/mol. The molecule has 0 aromatic heterocycles. The lowest BCUT2D eigenvalue weighted by Crippen LogP contribution is -2.55. The summed E-state index contributed by atoms with van der Waals surface area (Å²) in [4.78, 5) is 42.2. The zero-order valence-corrected chi connectivity index (χ0v) is 22.9. The number of amides is 3. The largest absolute Gasteiger partial charge is 0.508 e. The Labute approximate surface area is 224 Å². The van der Waals surface area contributed by atoms with Gasteiger partial charge < -0.3 is 30.5 Å². The van der Waals surface area contributed by atoms with Crippen molar-refractivity contribution in [2.24, 2.45) is 0 Å². The Morgan fingerprint density at radius 3 is 2.13 bits per heavy atom. The molecule has 38 heavy (non-hydrogen) atoms. The molecule has 206 valence electrons. The van der Waals surface area contributed by atoms with Crippen molar-refractivity contribution < 1.29 is 29.3 Å². The third kappa shape index (κ3) is 8.39. The minimum Gasteiger partial charge on any atom is -0.508 e. The van der Waals surface area contributed by atoms with Crippen LogP contribution in [0.5, 0.6) is 11.5 Å². The first kappa shape index (κ1) is 28.8. The monoisotopic (exact) mass is 525 g/mol. The van der Waals surface area contributed by atoms with Crippen molar-refractivity contribution in [3.8, 4) is 11.5 Å². The number of carbonyl (C=O) groups is 3. The number of ether oxygens (including phenoxy) is 1. The average Bonchev–Trinajstić information content (AvgIpc) is 3.60. The molecular formula is C29H39N3O6. The fraction of sp³-hybridized carbons (Fsp3) is 0.483. The lowest BCUT2D eigenvalue weighted by molar-refractivity contribution is -0.143. The van der Waals surface area contributed by atoms with Crippen molar-refractivity contribution in [3.05, 3.63) is 59.7 Å². The van der Waals surface area contributed by atoms with E-state index in [9.17, 15) is 24.6 Å². The van der Waals surface area contributed by atoms with Gasteiger partial charge >= 0.3 is 6.09 Å². The Morgan fingerprint density at radius 1 is 0.974 bits per heavy atom.